The largest absolute Gasteiger partial charge is 0.497 e. The van der Waals surface area contributed by atoms with Gasteiger partial charge >= 0.3 is 5.97 Å². The summed E-state index contributed by atoms with van der Waals surface area (Å²) < 4.78 is 15.8. The molecule has 0 bridgehead atoms. The van der Waals surface area contributed by atoms with Crippen molar-refractivity contribution in [3.05, 3.63) is 54.1 Å². The summed E-state index contributed by atoms with van der Waals surface area (Å²) in [7, 11) is 1.59. The molecule has 1 amide bonds. The highest BCUT2D eigenvalue weighted by Gasteiger charge is 2.14. The average molecular weight is 359 g/mol. The van der Waals surface area contributed by atoms with E-state index in [-0.39, 0.29) is 12.5 Å². The van der Waals surface area contributed by atoms with E-state index < -0.39 is 18.7 Å². The quantitative estimate of drug-likeness (QED) is 0.715. The molecule has 0 radical (unpaired) electrons. The number of aliphatic carboxylic acids is 1. The molecule has 0 aromatic heterocycles. The van der Waals surface area contributed by atoms with Gasteiger partial charge in [-0.3, -0.25) is 4.79 Å². The first-order valence-corrected chi connectivity index (χ1v) is 7.98. The van der Waals surface area contributed by atoms with Crippen molar-refractivity contribution >= 4 is 17.6 Å². The smallest absolute Gasteiger partial charge is 0.341 e. The number of carbonyl (C=O) groups is 2. The fourth-order valence-corrected chi connectivity index (χ4v) is 2.08. The number of hydrogen-bond acceptors (Lipinski definition) is 5. The standard InChI is InChI=1S/C19H21NO6/c1-13(25-11-14-4-3-5-17(10-14)24-2)19(23)20-15-6-8-16(9-7-15)26-12-18(21)22/h3-10,13H,11-12H2,1-2H3,(H,20,23)(H,21,22). The molecule has 0 fully saturated rings. The van der Waals surface area contributed by atoms with Gasteiger partial charge in [-0.05, 0) is 48.9 Å². The second-order valence-corrected chi connectivity index (χ2v) is 5.50. The van der Waals surface area contributed by atoms with E-state index in [9.17, 15) is 9.59 Å². The molecule has 2 N–H and O–H groups in total. The molecule has 0 spiro atoms. The molecular weight excluding hydrogens is 338 g/mol. The van der Waals surface area contributed by atoms with Gasteiger partial charge in [0.05, 0.1) is 13.7 Å². The number of rotatable bonds is 9. The van der Waals surface area contributed by atoms with Crippen LogP contribution in [-0.4, -0.2) is 36.8 Å². The number of hydrogen-bond donors (Lipinski definition) is 2. The molecule has 2 aromatic rings. The van der Waals surface area contributed by atoms with Crippen molar-refractivity contribution in [1.82, 2.24) is 0 Å². The molecule has 0 aliphatic heterocycles. The lowest BCUT2D eigenvalue weighted by Gasteiger charge is -2.14. The van der Waals surface area contributed by atoms with Crippen LogP contribution in [0.4, 0.5) is 5.69 Å². The van der Waals surface area contributed by atoms with Crippen molar-refractivity contribution in [2.75, 3.05) is 19.0 Å². The number of carbonyl (C=O) groups excluding carboxylic acids is 1. The second-order valence-electron chi connectivity index (χ2n) is 5.50. The molecule has 0 aliphatic carbocycles. The predicted octanol–water partition coefficient (Wildman–Crippen LogP) is 2.70. The second kappa shape index (κ2) is 9.43. The van der Waals surface area contributed by atoms with E-state index in [0.717, 1.165) is 11.3 Å². The minimum Gasteiger partial charge on any atom is -0.497 e. The molecule has 1 unspecified atom stereocenters. The van der Waals surface area contributed by atoms with Gasteiger partial charge in [0.2, 0.25) is 0 Å². The van der Waals surface area contributed by atoms with Gasteiger partial charge in [0.15, 0.2) is 6.61 Å². The van der Waals surface area contributed by atoms with Crippen LogP contribution in [0.3, 0.4) is 0 Å². The van der Waals surface area contributed by atoms with Crippen molar-refractivity contribution in [2.45, 2.75) is 19.6 Å². The van der Waals surface area contributed by atoms with E-state index >= 15 is 0 Å². The minimum atomic E-state index is -1.05. The molecule has 7 heteroatoms. The van der Waals surface area contributed by atoms with Crippen molar-refractivity contribution in [1.29, 1.82) is 0 Å². The Morgan fingerprint density at radius 2 is 1.85 bits per heavy atom. The number of amides is 1. The van der Waals surface area contributed by atoms with Crippen molar-refractivity contribution in [3.8, 4) is 11.5 Å². The Morgan fingerprint density at radius 1 is 1.12 bits per heavy atom. The topological polar surface area (TPSA) is 94.1 Å². The molecule has 0 heterocycles. The van der Waals surface area contributed by atoms with Crippen LogP contribution in [0.1, 0.15) is 12.5 Å². The first kappa shape index (κ1) is 19.3. The molecule has 2 rings (SSSR count). The van der Waals surface area contributed by atoms with Crippen molar-refractivity contribution in [3.63, 3.8) is 0 Å². The van der Waals surface area contributed by atoms with Gasteiger partial charge in [0.25, 0.3) is 5.91 Å². The molecule has 0 saturated heterocycles. The first-order valence-electron chi connectivity index (χ1n) is 7.98. The predicted molar refractivity (Wildman–Crippen MR) is 95.4 cm³/mol. The van der Waals surface area contributed by atoms with Gasteiger partial charge in [-0.1, -0.05) is 12.1 Å². The fourth-order valence-electron chi connectivity index (χ4n) is 2.08. The monoisotopic (exact) mass is 359 g/mol. The van der Waals surface area contributed by atoms with Crippen LogP contribution in [0.5, 0.6) is 11.5 Å². The van der Waals surface area contributed by atoms with Gasteiger partial charge in [-0.2, -0.15) is 0 Å². The number of benzene rings is 2. The summed E-state index contributed by atoms with van der Waals surface area (Å²) in [6.07, 6.45) is -0.649. The number of anilines is 1. The molecule has 26 heavy (non-hydrogen) atoms. The summed E-state index contributed by atoms with van der Waals surface area (Å²) in [4.78, 5) is 22.6. The number of carboxylic acid groups (broad SMARTS) is 1. The summed E-state index contributed by atoms with van der Waals surface area (Å²) in [6, 6.07) is 13.9. The summed E-state index contributed by atoms with van der Waals surface area (Å²) in [5, 5.41) is 11.3. The third-order valence-electron chi connectivity index (χ3n) is 3.49. The van der Waals surface area contributed by atoms with Gasteiger partial charge < -0.3 is 24.6 Å². The van der Waals surface area contributed by atoms with Gasteiger partial charge in [-0.25, -0.2) is 4.79 Å². The van der Waals surface area contributed by atoms with E-state index in [1.165, 1.54) is 0 Å². The maximum Gasteiger partial charge on any atom is 0.341 e. The highest BCUT2D eigenvalue weighted by Crippen LogP contribution is 2.17. The van der Waals surface area contributed by atoms with Crippen LogP contribution < -0.4 is 14.8 Å². The van der Waals surface area contributed by atoms with Crippen LogP contribution >= 0.6 is 0 Å². The number of carboxylic acids is 1. The Bertz CT molecular complexity index is 744. The lowest BCUT2D eigenvalue weighted by molar-refractivity contribution is -0.139. The Labute approximate surface area is 151 Å². The maximum atomic E-state index is 12.2. The molecule has 138 valence electrons. The summed E-state index contributed by atoms with van der Waals surface area (Å²) >= 11 is 0. The number of methoxy groups -OCH3 is 1. The van der Waals surface area contributed by atoms with Gasteiger partial charge in [0, 0.05) is 5.69 Å². The molecule has 7 nitrogen and oxygen atoms in total. The third kappa shape index (κ3) is 6.10. The SMILES string of the molecule is COc1cccc(COC(C)C(=O)Nc2ccc(OCC(=O)O)cc2)c1. The van der Waals surface area contributed by atoms with E-state index in [4.69, 9.17) is 19.3 Å². The maximum absolute atomic E-state index is 12.2. The Kier molecular flexibility index (Phi) is 6.99. The lowest BCUT2D eigenvalue weighted by Crippen LogP contribution is -2.27. The zero-order chi connectivity index (χ0) is 18.9. The van der Waals surface area contributed by atoms with Crippen LogP contribution in [-0.2, 0) is 20.9 Å². The Balaban J connectivity index is 1.83. The fraction of sp³-hybridized carbons (Fsp3) is 0.263. The van der Waals surface area contributed by atoms with E-state index in [0.29, 0.717) is 11.4 Å². The summed E-state index contributed by atoms with van der Waals surface area (Å²) in [5.41, 5.74) is 1.47. The molecule has 0 saturated carbocycles. The highest BCUT2D eigenvalue weighted by molar-refractivity contribution is 5.93. The zero-order valence-corrected chi connectivity index (χ0v) is 14.6. The highest BCUT2D eigenvalue weighted by atomic mass is 16.5. The van der Waals surface area contributed by atoms with Crippen LogP contribution in [0.2, 0.25) is 0 Å². The normalized spacial score (nSPS) is 11.5. The average Bonchev–Trinajstić information content (AvgIpc) is 2.65. The Morgan fingerprint density at radius 3 is 2.50 bits per heavy atom. The lowest BCUT2D eigenvalue weighted by atomic mass is 10.2. The van der Waals surface area contributed by atoms with Gasteiger partial charge in [-0.15, -0.1) is 0 Å². The number of nitrogens with one attached hydrogen (secondary N) is 1. The van der Waals surface area contributed by atoms with Crippen molar-refractivity contribution in [2.24, 2.45) is 0 Å². The van der Waals surface area contributed by atoms with E-state index in [2.05, 4.69) is 5.32 Å². The molecule has 0 aliphatic rings. The Hall–Kier alpha value is -3.06. The summed E-state index contributed by atoms with van der Waals surface area (Å²) in [5.74, 6) is -0.197. The van der Waals surface area contributed by atoms with Crippen LogP contribution in [0, 0.1) is 0 Å². The van der Waals surface area contributed by atoms with E-state index in [1.807, 2.05) is 24.3 Å². The third-order valence-corrected chi connectivity index (χ3v) is 3.49. The molecule has 1 atom stereocenters. The van der Waals surface area contributed by atoms with Crippen molar-refractivity contribution < 1.29 is 28.9 Å². The van der Waals surface area contributed by atoms with Crippen LogP contribution in [0.25, 0.3) is 0 Å². The molecule has 2 aromatic carbocycles. The summed E-state index contributed by atoms with van der Waals surface area (Å²) in [6.45, 7) is 1.54. The first-order chi connectivity index (χ1) is 12.5. The molecular formula is C19H21NO6. The number of ether oxygens (including phenoxy) is 3. The van der Waals surface area contributed by atoms with E-state index in [1.54, 1.807) is 38.3 Å². The van der Waals surface area contributed by atoms with Crippen LogP contribution in [0.15, 0.2) is 48.5 Å². The zero-order valence-electron chi connectivity index (χ0n) is 14.6. The minimum absolute atomic E-state index is 0.285. The van der Waals surface area contributed by atoms with Gasteiger partial charge in [0.1, 0.15) is 17.6 Å².